The number of nitrogen functional groups attached to an aromatic ring is 1. The minimum atomic E-state index is -3.12. The largest absolute Gasteiger partial charge is 0.383 e. The number of imidazole rings is 1. The van der Waals surface area contributed by atoms with E-state index in [1.165, 1.54) is 11.9 Å². The predicted octanol–water partition coefficient (Wildman–Crippen LogP) is 3.99. The predicted molar refractivity (Wildman–Crippen MR) is 168 cm³/mol. The van der Waals surface area contributed by atoms with Gasteiger partial charge in [-0.05, 0) is 50.3 Å². The molecule has 224 valence electrons. The van der Waals surface area contributed by atoms with Gasteiger partial charge in [-0.2, -0.15) is 9.40 Å². The third-order valence-corrected chi connectivity index (χ3v) is 11.0. The van der Waals surface area contributed by atoms with Gasteiger partial charge in [0, 0.05) is 44.2 Å². The molecule has 2 aliphatic rings. The molecule has 0 atom stereocenters. The van der Waals surface area contributed by atoms with Gasteiger partial charge in [0.25, 0.3) is 0 Å². The third-order valence-electron chi connectivity index (χ3n) is 9.10. The zero-order valence-electron chi connectivity index (χ0n) is 24.4. The van der Waals surface area contributed by atoms with E-state index in [9.17, 15) is 8.42 Å². The monoisotopic (exact) mass is 599 g/mol. The molecule has 2 fully saturated rings. The van der Waals surface area contributed by atoms with Crippen LogP contribution in [0.15, 0.2) is 54.9 Å². The number of nitrogens with zero attached hydrogens (tertiary/aromatic N) is 7. The molecule has 3 aromatic heterocycles. The average Bonchev–Trinajstić information content (AvgIpc) is 3.63. The average molecular weight is 600 g/mol. The lowest BCUT2D eigenvalue weighted by atomic mass is 9.90. The van der Waals surface area contributed by atoms with Crippen LogP contribution in [0, 0.1) is 0 Å². The fourth-order valence-corrected chi connectivity index (χ4v) is 7.81. The van der Waals surface area contributed by atoms with Crippen molar-refractivity contribution in [2.75, 3.05) is 37.7 Å². The number of piperazine rings is 1. The standard InChI is InChI=1S/C31H37N9O2S/c1-2-43(41,42)39-16-14-38(15-17-39)23-9-11-24(12-10-23)40-31-28(30(32)33-20-34-31)29(37-40)22-8-13-25-26(19-22)36-27(35-25)18-21-6-4-3-5-7-21/h3-8,13,19-20,23-24H,2,9-12,14-18H2,1H3,(H,35,36)(H2,32,33,34)/t23-,24+. The lowest BCUT2D eigenvalue weighted by Gasteiger charge is -2.41. The number of sulfonamides is 1. The molecule has 11 nitrogen and oxygen atoms in total. The van der Waals surface area contributed by atoms with E-state index in [2.05, 4.69) is 48.8 Å². The quantitative estimate of drug-likeness (QED) is 0.286. The second-order valence-electron chi connectivity index (χ2n) is 11.6. The number of hydrogen-bond acceptors (Lipinski definition) is 8. The summed E-state index contributed by atoms with van der Waals surface area (Å²) in [6, 6.07) is 17.1. The van der Waals surface area contributed by atoms with Crippen LogP contribution in [0.3, 0.4) is 0 Å². The van der Waals surface area contributed by atoms with Crippen LogP contribution in [0.4, 0.5) is 5.82 Å². The Morgan fingerprint density at radius 2 is 1.70 bits per heavy atom. The van der Waals surface area contributed by atoms with Gasteiger partial charge in [0.1, 0.15) is 23.7 Å². The van der Waals surface area contributed by atoms with Gasteiger partial charge in [-0.15, -0.1) is 0 Å². The number of anilines is 1. The maximum atomic E-state index is 12.3. The van der Waals surface area contributed by atoms with Crippen molar-refractivity contribution >= 4 is 37.9 Å². The van der Waals surface area contributed by atoms with Gasteiger partial charge in [-0.1, -0.05) is 36.4 Å². The Hall–Kier alpha value is -3.87. The van der Waals surface area contributed by atoms with E-state index >= 15 is 0 Å². The van der Waals surface area contributed by atoms with Crippen molar-refractivity contribution in [1.82, 2.24) is 38.9 Å². The van der Waals surface area contributed by atoms with Gasteiger partial charge < -0.3 is 10.7 Å². The third kappa shape index (κ3) is 5.39. The van der Waals surface area contributed by atoms with Gasteiger partial charge in [0.05, 0.1) is 28.2 Å². The summed E-state index contributed by atoms with van der Waals surface area (Å²) in [7, 11) is -3.12. The molecule has 1 aliphatic heterocycles. The van der Waals surface area contributed by atoms with E-state index in [1.54, 1.807) is 11.2 Å². The number of aromatic amines is 1. The van der Waals surface area contributed by atoms with Crippen LogP contribution in [0.1, 0.15) is 50.0 Å². The zero-order valence-corrected chi connectivity index (χ0v) is 25.2. The molecule has 0 amide bonds. The summed E-state index contributed by atoms with van der Waals surface area (Å²) in [5.41, 5.74) is 12.0. The molecule has 12 heteroatoms. The number of H-pyrrole nitrogens is 1. The number of nitrogens with one attached hydrogen (secondary N) is 1. The SMILES string of the molecule is CCS(=O)(=O)N1CCN([C@H]2CC[C@@H](n3nc(-c4ccc5[nH]c(Cc6ccccc6)nc5c4)c4c(N)ncnc43)CC2)CC1. The normalized spacial score (nSPS) is 20.7. The first kappa shape index (κ1) is 27.9. The Morgan fingerprint density at radius 3 is 2.44 bits per heavy atom. The number of nitrogens with two attached hydrogens (primary N) is 1. The molecule has 43 heavy (non-hydrogen) atoms. The van der Waals surface area contributed by atoms with E-state index in [0.29, 0.717) is 24.9 Å². The number of rotatable bonds is 7. The Balaban J connectivity index is 1.11. The van der Waals surface area contributed by atoms with Crippen LogP contribution in [0.2, 0.25) is 0 Å². The van der Waals surface area contributed by atoms with Crippen LogP contribution in [-0.4, -0.2) is 85.3 Å². The lowest BCUT2D eigenvalue weighted by Crippen LogP contribution is -2.52. The summed E-state index contributed by atoms with van der Waals surface area (Å²) in [4.78, 5) is 19.7. The summed E-state index contributed by atoms with van der Waals surface area (Å²) >= 11 is 0. The molecule has 0 spiro atoms. The molecular formula is C31H37N9O2S. The maximum Gasteiger partial charge on any atom is 0.213 e. The molecule has 0 unspecified atom stereocenters. The van der Waals surface area contributed by atoms with Crippen LogP contribution in [-0.2, 0) is 16.4 Å². The Morgan fingerprint density at radius 1 is 0.953 bits per heavy atom. The van der Waals surface area contributed by atoms with Crippen LogP contribution in [0.5, 0.6) is 0 Å². The molecule has 1 saturated heterocycles. The summed E-state index contributed by atoms with van der Waals surface area (Å²) in [6.07, 6.45) is 6.26. The van der Waals surface area contributed by atoms with Gasteiger partial charge >= 0.3 is 0 Å². The fraction of sp³-hybridized carbons (Fsp3) is 0.419. The van der Waals surface area contributed by atoms with E-state index < -0.39 is 10.0 Å². The Labute approximate surface area is 251 Å². The Kier molecular flexibility index (Phi) is 7.36. The first-order valence-corrected chi connectivity index (χ1v) is 16.7. The van der Waals surface area contributed by atoms with E-state index in [-0.39, 0.29) is 11.8 Å². The van der Waals surface area contributed by atoms with Crippen molar-refractivity contribution in [3.63, 3.8) is 0 Å². The summed E-state index contributed by atoms with van der Waals surface area (Å²) in [6.45, 7) is 4.44. The second kappa shape index (κ2) is 11.3. The van der Waals surface area contributed by atoms with Gasteiger partial charge in [0.15, 0.2) is 5.65 Å². The highest BCUT2D eigenvalue weighted by Gasteiger charge is 2.33. The van der Waals surface area contributed by atoms with Crippen molar-refractivity contribution in [2.45, 2.75) is 51.1 Å². The highest BCUT2D eigenvalue weighted by atomic mass is 32.2. The molecule has 0 bridgehead atoms. The van der Waals surface area contributed by atoms with Crippen molar-refractivity contribution in [3.8, 4) is 11.3 Å². The highest BCUT2D eigenvalue weighted by Crippen LogP contribution is 2.37. The minimum absolute atomic E-state index is 0.164. The van der Waals surface area contributed by atoms with Crippen molar-refractivity contribution in [1.29, 1.82) is 0 Å². The van der Waals surface area contributed by atoms with Gasteiger partial charge in [-0.25, -0.2) is 28.1 Å². The van der Waals surface area contributed by atoms with Crippen LogP contribution in [0.25, 0.3) is 33.3 Å². The van der Waals surface area contributed by atoms with E-state index in [1.807, 2.05) is 24.3 Å². The van der Waals surface area contributed by atoms with E-state index in [4.69, 9.17) is 15.8 Å². The smallest absolute Gasteiger partial charge is 0.213 e. The molecular weight excluding hydrogens is 562 g/mol. The molecule has 5 aromatic rings. The van der Waals surface area contributed by atoms with Crippen LogP contribution >= 0.6 is 0 Å². The maximum absolute atomic E-state index is 12.3. The molecule has 3 N–H and O–H groups in total. The number of aromatic nitrogens is 6. The van der Waals surface area contributed by atoms with Gasteiger partial charge in [-0.3, -0.25) is 4.90 Å². The highest BCUT2D eigenvalue weighted by molar-refractivity contribution is 7.89. The topological polar surface area (TPSA) is 139 Å². The molecule has 0 radical (unpaired) electrons. The first-order valence-electron chi connectivity index (χ1n) is 15.1. The summed E-state index contributed by atoms with van der Waals surface area (Å²) < 4.78 is 28.3. The molecule has 7 rings (SSSR count). The zero-order chi connectivity index (χ0) is 29.6. The van der Waals surface area contributed by atoms with Gasteiger partial charge in [0.2, 0.25) is 10.0 Å². The number of fused-ring (bicyclic) bond motifs is 2. The van der Waals surface area contributed by atoms with E-state index in [0.717, 1.165) is 84.3 Å². The van der Waals surface area contributed by atoms with Crippen LogP contribution < -0.4 is 5.73 Å². The molecule has 4 heterocycles. The van der Waals surface area contributed by atoms with Crippen molar-refractivity contribution < 1.29 is 8.42 Å². The Bertz CT molecular complexity index is 1850. The van der Waals surface area contributed by atoms with Crippen molar-refractivity contribution in [2.24, 2.45) is 0 Å². The number of hydrogen-bond donors (Lipinski definition) is 2. The fourth-order valence-electron chi connectivity index (χ4n) is 6.73. The first-order chi connectivity index (χ1) is 20.9. The minimum Gasteiger partial charge on any atom is -0.383 e. The lowest BCUT2D eigenvalue weighted by molar-refractivity contribution is 0.0986. The number of benzene rings is 2. The van der Waals surface area contributed by atoms with Crippen molar-refractivity contribution in [3.05, 3.63) is 66.2 Å². The summed E-state index contributed by atoms with van der Waals surface area (Å²) in [5.74, 6) is 1.50. The second-order valence-corrected chi connectivity index (χ2v) is 13.9. The molecule has 1 saturated carbocycles. The summed E-state index contributed by atoms with van der Waals surface area (Å²) in [5, 5.41) is 5.89. The molecule has 2 aromatic carbocycles. The molecule has 1 aliphatic carbocycles.